The number of hydrogen-bond acceptors (Lipinski definition) is 2. The van der Waals surface area contributed by atoms with Crippen molar-refractivity contribution in [3.05, 3.63) is 45.2 Å². The summed E-state index contributed by atoms with van der Waals surface area (Å²) in [5.74, 6) is 0. The Morgan fingerprint density at radius 3 is 2.21 bits per heavy atom. The van der Waals surface area contributed by atoms with Crippen LogP contribution in [0.5, 0.6) is 0 Å². The highest BCUT2D eigenvalue weighted by Crippen LogP contribution is 2.24. The molecular weight excluding hydrogens is 302 g/mol. The number of aromatic nitrogens is 2. The number of hydrogen-bond donors (Lipinski definition) is 0. The molecule has 102 valence electrons. The summed E-state index contributed by atoms with van der Waals surface area (Å²) in [7, 11) is 4.10. The molecule has 0 radical (unpaired) electrons. The first-order valence-corrected chi connectivity index (χ1v) is 7.15. The van der Waals surface area contributed by atoms with E-state index in [0.717, 1.165) is 16.7 Å². The van der Waals surface area contributed by atoms with E-state index < -0.39 is 0 Å². The van der Waals surface area contributed by atoms with Gasteiger partial charge < -0.3 is 4.90 Å². The molecule has 0 atom stereocenters. The third-order valence-corrected chi connectivity index (χ3v) is 4.33. The second-order valence-electron chi connectivity index (χ2n) is 5.17. The fourth-order valence-corrected chi connectivity index (χ4v) is 2.80. The van der Waals surface area contributed by atoms with Crippen LogP contribution in [0.3, 0.4) is 0 Å². The molecule has 0 saturated heterocycles. The van der Waals surface area contributed by atoms with Crippen molar-refractivity contribution in [2.24, 2.45) is 7.05 Å². The summed E-state index contributed by atoms with van der Waals surface area (Å²) in [4.78, 5) is 2.25. The van der Waals surface area contributed by atoms with Gasteiger partial charge in [-0.15, -0.1) is 0 Å². The van der Waals surface area contributed by atoms with Crippen LogP contribution in [0, 0.1) is 20.8 Å². The second kappa shape index (κ2) is 5.37. The Morgan fingerprint density at radius 1 is 1.16 bits per heavy atom. The molecule has 0 aliphatic rings. The Morgan fingerprint density at radius 2 is 1.74 bits per heavy atom. The monoisotopic (exact) mass is 321 g/mol. The van der Waals surface area contributed by atoms with Gasteiger partial charge in [-0.2, -0.15) is 5.10 Å². The summed E-state index contributed by atoms with van der Waals surface area (Å²) in [6, 6.07) is 6.62. The van der Waals surface area contributed by atoms with Gasteiger partial charge in [0.1, 0.15) is 0 Å². The molecule has 0 bridgehead atoms. The molecular formula is C15H20BrN3. The van der Waals surface area contributed by atoms with Crippen molar-refractivity contribution < 1.29 is 0 Å². The number of anilines is 1. The van der Waals surface area contributed by atoms with E-state index >= 15 is 0 Å². The maximum absolute atomic E-state index is 4.44. The van der Waals surface area contributed by atoms with Gasteiger partial charge in [0, 0.05) is 19.8 Å². The van der Waals surface area contributed by atoms with Gasteiger partial charge in [-0.25, -0.2) is 0 Å². The zero-order chi connectivity index (χ0) is 14.2. The predicted molar refractivity (Wildman–Crippen MR) is 83.7 cm³/mol. The van der Waals surface area contributed by atoms with Crippen molar-refractivity contribution in [1.82, 2.24) is 9.78 Å². The second-order valence-corrected chi connectivity index (χ2v) is 5.96. The molecule has 0 aliphatic carbocycles. The highest BCUT2D eigenvalue weighted by molar-refractivity contribution is 9.10. The average molecular weight is 322 g/mol. The third-order valence-electron chi connectivity index (χ3n) is 3.30. The molecule has 0 spiro atoms. The first-order chi connectivity index (χ1) is 8.88. The average Bonchev–Trinajstić information content (AvgIpc) is 2.54. The minimum Gasteiger partial charge on any atom is -0.369 e. The first kappa shape index (κ1) is 14.1. The van der Waals surface area contributed by atoms with E-state index in [2.05, 4.69) is 65.0 Å². The quantitative estimate of drug-likeness (QED) is 0.858. The fourth-order valence-electron chi connectivity index (χ4n) is 2.34. The molecule has 0 aliphatic heterocycles. The zero-order valence-corrected chi connectivity index (χ0v) is 13.7. The minimum atomic E-state index is 0.834. The van der Waals surface area contributed by atoms with E-state index in [4.69, 9.17) is 0 Å². The Labute approximate surface area is 123 Å². The number of halogens is 1. The van der Waals surface area contributed by atoms with E-state index in [1.54, 1.807) is 0 Å². The van der Waals surface area contributed by atoms with Crippen LogP contribution in [0.15, 0.2) is 22.7 Å². The largest absolute Gasteiger partial charge is 0.369 e. The van der Waals surface area contributed by atoms with Crippen molar-refractivity contribution in [2.75, 3.05) is 11.9 Å². The van der Waals surface area contributed by atoms with Crippen LogP contribution in [-0.2, 0) is 13.6 Å². The number of rotatable bonds is 3. The van der Waals surface area contributed by atoms with Crippen molar-refractivity contribution in [3.8, 4) is 0 Å². The van der Waals surface area contributed by atoms with Gasteiger partial charge in [0.2, 0.25) is 0 Å². The van der Waals surface area contributed by atoms with Gasteiger partial charge in [0.15, 0.2) is 0 Å². The molecule has 0 saturated carbocycles. The molecule has 1 heterocycles. The third kappa shape index (κ3) is 3.00. The predicted octanol–water partition coefficient (Wildman–Crippen LogP) is 3.74. The lowest BCUT2D eigenvalue weighted by molar-refractivity contribution is 0.693. The van der Waals surface area contributed by atoms with Gasteiger partial charge in [0.25, 0.3) is 0 Å². The van der Waals surface area contributed by atoms with Gasteiger partial charge >= 0.3 is 0 Å². The minimum absolute atomic E-state index is 0.834. The normalized spacial score (nSPS) is 10.8. The Balaban J connectivity index is 2.27. The summed E-state index contributed by atoms with van der Waals surface area (Å²) in [6.07, 6.45) is 0. The van der Waals surface area contributed by atoms with Gasteiger partial charge in [-0.3, -0.25) is 4.68 Å². The van der Waals surface area contributed by atoms with Crippen LogP contribution < -0.4 is 4.90 Å². The number of nitrogens with zero attached hydrogens (tertiary/aromatic N) is 3. The molecule has 3 nitrogen and oxygen atoms in total. The number of benzene rings is 1. The molecule has 1 aromatic carbocycles. The number of aryl methyl sites for hydroxylation is 4. The molecule has 1 aromatic heterocycles. The van der Waals surface area contributed by atoms with Crippen LogP contribution in [-0.4, -0.2) is 16.8 Å². The SMILES string of the molecule is Cc1cc(C)cc(N(C)Cc2c(Br)c(C)nn2C)c1. The highest BCUT2D eigenvalue weighted by atomic mass is 79.9. The summed E-state index contributed by atoms with van der Waals surface area (Å²) in [5.41, 5.74) is 6.05. The summed E-state index contributed by atoms with van der Waals surface area (Å²) in [6.45, 7) is 7.12. The van der Waals surface area contributed by atoms with Crippen molar-refractivity contribution in [3.63, 3.8) is 0 Å². The Hall–Kier alpha value is -1.29. The standard InChI is InChI=1S/C15H20BrN3/c1-10-6-11(2)8-13(7-10)18(4)9-14-15(16)12(3)17-19(14)5/h6-8H,9H2,1-5H3. The lowest BCUT2D eigenvalue weighted by Crippen LogP contribution is -2.19. The maximum atomic E-state index is 4.44. The molecule has 0 unspecified atom stereocenters. The lowest BCUT2D eigenvalue weighted by atomic mass is 10.1. The van der Waals surface area contributed by atoms with E-state index in [1.165, 1.54) is 22.5 Å². The Bertz CT molecular complexity index is 581. The summed E-state index contributed by atoms with van der Waals surface area (Å²) >= 11 is 3.62. The van der Waals surface area contributed by atoms with Gasteiger partial charge in [0.05, 0.1) is 22.4 Å². The van der Waals surface area contributed by atoms with Crippen molar-refractivity contribution >= 4 is 21.6 Å². The van der Waals surface area contributed by atoms with E-state index in [1.807, 2.05) is 18.7 Å². The van der Waals surface area contributed by atoms with Crippen molar-refractivity contribution in [1.29, 1.82) is 0 Å². The topological polar surface area (TPSA) is 21.1 Å². The molecule has 4 heteroatoms. The van der Waals surface area contributed by atoms with Crippen LogP contribution in [0.2, 0.25) is 0 Å². The van der Waals surface area contributed by atoms with Crippen LogP contribution in [0.4, 0.5) is 5.69 Å². The van der Waals surface area contributed by atoms with Gasteiger partial charge in [-0.1, -0.05) is 6.07 Å². The lowest BCUT2D eigenvalue weighted by Gasteiger charge is -2.21. The van der Waals surface area contributed by atoms with E-state index in [-0.39, 0.29) is 0 Å². The fraction of sp³-hybridized carbons (Fsp3) is 0.400. The van der Waals surface area contributed by atoms with E-state index in [0.29, 0.717) is 0 Å². The van der Waals surface area contributed by atoms with Crippen LogP contribution in [0.25, 0.3) is 0 Å². The first-order valence-electron chi connectivity index (χ1n) is 6.36. The molecule has 2 rings (SSSR count). The van der Waals surface area contributed by atoms with E-state index in [9.17, 15) is 0 Å². The molecule has 0 fully saturated rings. The molecule has 0 amide bonds. The van der Waals surface area contributed by atoms with Crippen LogP contribution in [0.1, 0.15) is 22.5 Å². The smallest absolute Gasteiger partial charge is 0.0739 e. The zero-order valence-electron chi connectivity index (χ0n) is 12.2. The maximum Gasteiger partial charge on any atom is 0.0739 e. The highest BCUT2D eigenvalue weighted by Gasteiger charge is 2.13. The van der Waals surface area contributed by atoms with Crippen molar-refractivity contribution in [2.45, 2.75) is 27.3 Å². The Kier molecular flexibility index (Phi) is 3.99. The summed E-state index contributed by atoms with van der Waals surface area (Å²) in [5, 5.41) is 4.44. The molecule has 19 heavy (non-hydrogen) atoms. The summed E-state index contributed by atoms with van der Waals surface area (Å²) < 4.78 is 3.05. The molecule has 0 N–H and O–H groups in total. The molecule has 2 aromatic rings. The van der Waals surface area contributed by atoms with Gasteiger partial charge in [-0.05, 0) is 60.0 Å². The van der Waals surface area contributed by atoms with Crippen LogP contribution >= 0.6 is 15.9 Å².